The highest BCUT2D eigenvalue weighted by molar-refractivity contribution is 5.90. The van der Waals surface area contributed by atoms with Gasteiger partial charge in [0.2, 0.25) is 0 Å². The molecule has 1 aromatic carbocycles. The number of rotatable bonds is 5. The van der Waals surface area contributed by atoms with Crippen LogP contribution in [0, 0.1) is 5.82 Å². The largest absolute Gasteiger partial charge is 0.442 e. The van der Waals surface area contributed by atoms with Crippen molar-refractivity contribution in [1.82, 2.24) is 9.99 Å². The number of halogens is 1. The number of hydrazine groups is 1. The molecular formula is C17H18FN5O2. The molecule has 1 aliphatic rings. The fourth-order valence-electron chi connectivity index (χ4n) is 2.66. The van der Waals surface area contributed by atoms with Gasteiger partial charge in [-0.05, 0) is 24.3 Å². The molecule has 7 nitrogen and oxygen atoms in total. The maximum absolute atomic E-state index is 14.5. The molecule has 8 heteroatoms. The van der Waals surface area contributed by atoms with Crippen molar-refractivity contribution in [2.24, 2.45) is 11.6 Å². The van der Waals surface area contributed by atoms with Crippen LogP contribution in [0.1, 0.15) is 0 Å². The van der Waals surface area contributed by atoms with Crippen LogP contribution in [-0.2, 0) is 4.74 Å². The number of nitrogens with zero attached hydrogens (tertiary/aromatic N) is 3. The van der Waals surface area contributed by atoms with Crippen molar-refractivity contribution < 1.29 is 13.9 Å². The van der Waals surface area contributed by atoms with Crippen LogP contribution in [0.3, 0.4) is 0 Å². The van der Waals surface area contributed by atoms with Crippen LogP contribution in [0.2, 0.25) is 0 Å². The molecule has 1 amide bonds. The van der Waals surface area contributed by atoms with Crippen molar-refractivity contribution in [3.05, 3.63) is 60.9 Å². The Hall–Kier alpha value is -3.13. The number of benzene rings is 1. The number of anilines is 1. The molecule has 130 valence electrons. The van der Waals surface area contributed by atoms with Gasteiger partial charge in [0.05, 0.1) is 18.8 Å². The summed E-state index contributed by atoms with van der Waals surface area (Å²) in [5.74, 6) is 5.26. The van der Waals surface area contributed by atoms with Gasteiger partial charge in [-0.2, -0.15) is 0 Å². The molecule has 4 N–H and O–H groups in total. The molecule has 2 heterocycles. The van der Waals surface area contributed by atoms with Crippen LogP contribution in [0.5, 0.6) is 0 Å². The standard InChI is InChI=1S/C17H18FN5O2/c18-16-8-13(3-4-15(16)12-2-1-6-21-9-12)23-11-14(25-17(23)24)10-22(20)7-5-19/h1-9,14H,10-11,19-20H2/b7-5-. The van der Waals surface area contributed by atoms with Crippen LogP contribution < -0.4 is 16.5 Å². The van der Waals surface area contributed by atoms with Crippen LogP contribution in [0.4, 0.5) is 14.9 Å². The summed E-state index contributed by atoms with van der Waals surface area (Å²) in [6, 6.07) is 8.11. The number of nitrogens with two attached hydrogens (primary N) is 2. The van der Waals surface area contributed by atoms with Crippen molar-refractivity contribution in [2.45, 2.75) is 6.10 Å². The molecular weight excluding hydrogens is 325 g/mol. The van der Waals surface area contributed by atoms with E-state index < -0.39 is 18.0 Å². The molecule has 0 saturated carbocycles. The summed E-state index contributed by atoms with van der Waals surface area (Å²) < 4.78 is 19.7. The van der Waals surface area contributed by atoms with E-state index in [0.29, 0.717) is 16.8 Å². The summed E-state index contributed by atoms with van der Waals surface area (Å²) in [4.78, 5) is 17.4. The van der Waals surface area contributed by atoms with Gasteiger partial charge in [-0.15, -0.1) is 0 Å². The van der Waals surface area contributed by atoms with E-state index in [2.05, 4.69) is 4.98 Å². The van der Waals surface area contributed by atoms with E-state index in [1.807, 2.05) is 0 Å². The van der Waals surface area contributed by atoms with Crippen molar-refractivity contribution in [2.75, 3.05) is 18.0 Å². The second-order valence-electron chi connectivity index (χ2n) is 5.56. The minimum atomic E-state index is -0.538. The smallest absolute Gasteiger partial charge is 0.414 e. The van der Waals surface area contributed by atoms with Gasteiger partial charge in [-0.3, -0.25) is 9.88 Å². The van der Waals surface area contributed by atoms with Crippen LogP contribution >= 0.6 is 0 Å². The third-order valence-corrected chi connectivity index (χ3v) is 3.80. The number of carbonyl (C=O) groups is 1. The number of pyridine rings is 1. The molecule has 0 bridgehead atoms. The molecule has 0 radical (unpaired) electrons. The number of hydrogen-bond donors (Lipinski definition) is 2. The predicted octanol–water partition coefficient (Wildman–Crippen LogP) is 1.82. The van der Waals surface area contributed by atoms with Gasteiger partial charge in [0.25, 0.3) is 0 Å². The highest BCUT2D eigenvalue weighted by Crippen LogP contribution is 2.28. The number of aromatic nitrogens is 1. The third-order valence-electron chi connectivity index (χ3n) is 3.80. The summed E-state index contributed by atoms with van der Waals surface area (Å²) in [5.41, 5.74) is 6.77. The summed E-state index contributed by atoms with van der Waals surface area (Å²) in [6.07, 6.45) is 4.99. The van der Waals surface area contributed by atoms with E-state index in [0.717, 1.165) is 0 Å². The van der Waals surface area contributed by atoms with E-state index in [9.17, 15) is 9.18 Å². The Kier molecular flexibility index (Phi) is 4.80. The fourth-order valence-corrected chi connectivity index (χ4v) is 2.66. The minimum Gasteiger partial charge on any atom is -0.442 e. The first-order chi connectivity index (χ1) is 12.1. The summed E-state index contributed by atoms with van der Waals surface area (Å²) in [6.45, 7) is 0.558. The van der Waals surface area contributed by atoms with Crippen molar-refractivity contribution in [1.29, 1.82) is 0 Å². The molecule has 2 aromatic rings. The lowest BCUT2D eigenvalue weighted by molar-refractivity contribution is 0.122. The van der Waals surface area contributed by atoms with E-state index in [4.69, 9.17) is 16.3 Å². The number of hydrogen-bond acceptors (Lipinski definition) is 6. The fraction of sp³-hybridized carbons (Fsp3) is 0.176. The Labute approximate surface area is 144 Å². The van der Waals surface area contributed by atoms with Crippen molar-refractivity contribution in [3.63, 3.8) is 0 Å². The lowest BCUT2D eigenvalue weighted by Gasteiger charge is -2.17. The molecule has 1 atom stereocenters. The summed E-state index contributed by atoms with van der Waals surface area (Å²) >= 11 is 0. The van der Waals surface area contributed by atoms with Gasteiger partial charge in [-0.25, -0.2) is 15.0 Å². The first kappa shape index (κ1) is 16.7. The normalized spacial score (nSPS) is 17.1. The maximum Gasteiger partial charge on any atom is 0.414 e. The van der Waals surface area contributed by atoms with Crippen molar-refractivity contribution >= 4 is 11.8 Å². The van der Waals surface area contributed by atoms with Crippen LogP contribution in [0.25, 0.3) is 11.1 Å². The second kappa shape index (κ2) is 7.18. The lowest BCUT2D eigenvalue weighted by Crippen LogP contribution is -2.36. The van der Waals surface area contributed by atoms with Crippen LogP contribution in [-0.4, -0.2) is 35.3 Å². The van der Waals surface area contributed by atoms with Gasteiger partial charge >= 0.3 is 6.09 Å². The molecule has 1 aromatic heterocycles. The molecule has 1 fully saturated rings. The molecule has 3 rings (SSSR count). The molecule has 1 saturated heterocycles. The number of ether oxygens (including phenoxy) is 1. The number of cyclic esters (lactones) is 1. The zero-order valence-electron chi connectivity index (χ0n) is 13.4. The monoisotopic (exact) mass is 343 g/mol. The van der Waals surface area contributed by atoms with E-state index in [-0.39, 0.29) is 13.1 Å². The topological polar surface area (TPSA) is 97.7 Å². The zero-order valence-corrected chi connectivity index (χ0v) is 13.4. The average Bonchev–Trinajstić information content (AvgIpc) is 2.96. The minimum absolute atomic E-state index is 0.274. The Morgan fingerprint density at radius 1 is 1.44 bits per heavy atom. The van der Waals surface area contributed by atoms with E-state index in [1.165, 1.54) is 28.4 Å². The Bertz CT molecular complexity index is 784. The predicted molar refractivity (Wildman–Crippen MR) is 91.5 cm³/mol. The Morgan fingerprint density at radius 3 is 2.96 bits per heavy atom. The first-order valence-corrected chi connectivity index (χ1v) is 7.66. The summed E-state index contributed by atoms with van der Waals surface area (Å²) in [7, 11) is 0. The van der Waals surface area contributed by atoms with Gasteiger partial charge in [0.15, 0.2) is 0 Å². The molecule has 1 unspecified atom stereocenters. The Morgan fingerprint density at radius 2 is 2.28 bits per heavy atom. The lowest BCUT2D eigenvalue weighted by atomic mass is 10.1. The quantitative estimate of drug-likeness (QED) is 0.635. The van der Waals surface area contributed by atoms with Gasteiger partial charge in [0, 0.05) is 35.9 Å². The SMILES string of the molecule is N/C=C\N(N)CC1CN(c2ccc(-c3cccnc3)c(F)c2)C(=O)O1. The summed E-state index contributed by atoms with van der Waals surface area (Å²) in [5, 5.41) is 1.33. The number of carbonyl (C=O) groups excluding carboxylic acids is 1. The van der Waals surface area contributed by atoms with Gasteiger partial charge < -0.3 is 15.5 Å². The zero-order chi connectivity index (χ0) is 17.8. The highest BCUT2D eigenvalue weighted by Gasteiger charge is 2.33. The van der Waals surface area contributed by atoms with Gasteiger partial charge in [0.1, 0.15) is 11.9 Å². The highest BCUT2D eigenvalue weighted by atomic mass is 19.1. The second-order valence-corrected chi connectivity index (χ2v) is 5.56. The van der Waals surface area contributed by atoms with Crippen LogP contribution in [0.15, 0.2) is 55.1 Å². The van der Waals surface area contributed by atoms with Gasteiger partial charge in [-0.1, -0.05) is 6.07 Å². The molecule has 0 aliphatic carbocycles. The Balaban J connectivity index is 1.76. The molecule has 1 aliphatic heterocycles. The molecule has 0 spiro atoms. The van der Waals surface area contributed by atoms with E-state index >= 15 is 0 Å². The average molecular weight is 343 g/mol. The maximum atomic E-state index is 14.5. The van der Waals surface area contributed by atoms with E-state index in [1.54, 1.807) is 36.7 Å². The van der Waals surface area contributed by atoms with Crippen molar-refractivity contribution in [3.8, 4) is 11.1 Å². The molecule has 25 heavy (non-hydrogen) atoms. The first-order valence-electron chi connectivity index (χ1n) is 7.66. The third kappa shape index (κ3) is 3.69. The number of amides is 1.